The van der Waals surface area contributed by atoms with Gasteiger partial charge in [0.2, 0.25) is 11.8 Å². The molecular weight excluding hydrogens is 396 g/mol. The molecule has 1 aromatic heterocycles. The van der Waals surface area contributed by atoms with Crippen molar-refractivity contribution in [2.24, 2.45) is 0 Å². The zero-order valence-corrected chi connectivity index (χ0v) is 18.8. The van der Waals surface area contributed by atoms with Crippen LogP contribution < -0.4 is 9.46 Å². The molecular formula is C23H30N4O2S. The van der Waals surface area contributed by atoms with Crippen LogP contribution in [0.15, 0.2) is 30.5 Å². The van der Waals surface area contributed by atoms with E-state index in [-0.39, 0.29) is 5.91 Å². The number of ether oxygens (including phenoxy) is 1. The van der Waals surface area contributed by atoms with Crippen molar-refractivity contribution in [3.63, 3.8) is 0 Å². The molecule has 4 rings (SSSR count). The molecule has 1 amide bonds. The lowest BCUT2D eigenvalue weighted by Crippen LogP contribution is -2.33. The molecule has 1 atom stereocenters. The topological polar surface area (TPSA) is 57.7 Å². The summed E-state index contributed by atoms with van der Waals surface area (Å²) in [4.78, 5) is 19.4. The molecule has 2 aliphatic rings. The summed E-state index contributed by atoms with van der Waals surface area (Å²) < 4.78 is 10.5. The van der Waals surface area contributed by atoms with Crippen molar-refractivity contribution in [1.29, 1.82) is 0 Å². The predicted octanol–water partition coefficient (Wildman–Crippen LogP) is 3.10. The van der Waals surface area contributed by atoms with Gasteiger partial charge in [0, 0.05) is 37.0 Å². The van der Waals surface area contributed by atoms with E-state index >= 15 is 0 Å². The number of fused-ring (bicyclic) bond motifs is 1. The van der Waals surface area contributed by atoms with Crippen LogP contribution in [0.5, 0.6) is 5.88 Å². The fourth-order valence-electron chi connectivity index (χ4n) is 4.51. The monoisotopic (exact) mass is 426 g/mol. The number of carbonyl (C=O) groups is 1. The van der Waals surface area contributed by atoms with E-state index in [1.54, 1.807) is 13.3 Å². The van der Waals surface area contributed by atoms with Gasteiger partial charge in [0.05, 0.1) is 13.5 Å². The number of likely N-dealkylation sites (tertiary alicyclic amines) is 1. The van der Waals surface area contributed by atoms with Crippen molar-refractivity contribution in [2.45, 2.75) is 38.1 Å². The average Bonchev–Trinajstić information content (AvgIpc) is 3.41. The van der Waals surface area contributed by atoms with Crippen molar-refractivity contribution in [3.05, 3.63) is 47.2 Å². The molecule has 1 aromatic carbocycles. The van der Waals surface area contributed by atoms with Gasteiger partial charge in [-0.05, 0) is 80.2 Å². The summed E-state index contributed by atoms with van der Waals surface area (Å²) in [7, 11) is 5.82. The lowest BCUT2D eigenvalue weighted by molar-refractivity contribution is -0.118. The first-order chi connectivity index (χ1) is 14.5. The third-order valence-electron chi connectivity index (χ3n) is 6.18. The molecule has 6 nitrogen and oxygen atoms in total. The smallest absolute Gasteiger partial charge is 0.235 e. The number of benzene rings is 1. The van der Waals surface area contributed by atoms with Crippen LogP contribution in [-0.2, 0) is 24.1 Å². The summed E-state index contributed by atoms with van der Waals surface area (Å²) in [5, 5.41) is 0. The number of pyridine rings is 1. The molecule has 0 radical (unpaired) electrons. The van der Waals surface area contributed by atoms with Crippen LogP contribution in [0.1, 0.15) is 29.5 Å². The quantitative estimate of drug-likeness (QED) is 0.687. The summed E-state index contributed by atoms with van der Waals surface area (Å²) in [6, 6.07) is 8.76. The number of amides is 1. The number of nitrogens with zero attached hydrogens (tertiary/aromatic N) is 3. The van der Waals surface area contributed by atoms with Gasteiger partial charge in [0.15, 0.2) is 0 Å². The minimum absolute atomic E-state index is 0.0424. The van der Waals surface area contributed by atoms with Gasteiger partial charge in [0.25, 0.3) is 0 Å². The Bertz CT molecular complexity index is 920. The number of rotatable bonds is 7. The van der Waals surface area contributed by atoms with Gasteiger partial charge in [0.1, 0.15) is 0 Å². The normalized spacial score (nSPS) is 18.6. The van der Waals surface area contributed by atoms with Crippen molar-refractivity contribution in [3.8, 4) is 17.0 Å². The lowest BCUT2D eigenvalue weighted by atomic mass is 9.91. The highest BCUT2D eigenvalue weighted by Gasteiger charge is 2.25. The molecule has 0 bridgehead atoms. The van der Waals surface area contributed by atoms with E-state index in [0.717, 1.165) is 55.5 Å². The van der Waals surface area contributed by atoms with Crippen LogP contribution in [0, 0.1) is 0 Å². The molecule has 1 aliphatic heterocycles. The minimum Gasteiger partial charge on any atom is -0.481 e. The number of likely N-dealkylation sites (N-methyl/N-ethyl adjacent to an activating group) is 2. The second kappa shape index (κ2) is 9.37. The number of hydrogen-bond acceptors (Lipinski definition) is 6. The van der Waals surface area contributed by atoms with Gasteiger partial charge in [-0.2, -0.15) is 0 Å². The Morgan fingerprint density at radius 2 is 2.23 bits per heavy atom. The van der Waals surface area contributed by atoms with Gasteiger partial charge in [-0.15, -0.1) is 0 Å². The molecule has 7 heteroatoms. The molecule has 1 unspecified atom stereocenters. The fourth-order valence-corrected chi connectivity index (χ4v) is 5.15. The number of methoxy groups -OCH3 is 1. The third-order valence-corrected chi connectivity index (χ3v) is 7.08. The second-order valence-electron chi connectivity index (χ2n) is 8.21. The summed E-state index contributed by atoms with van der Waals surface area (Å²) in [5.41, 5.74) is 6.00. The van der Waals surface area contributed by atoms with E-state index in [1.807, 2.05) is 12.1 Å². The minimum atomic E-state index is 0.0424. The van der Waals surface area contributed by atoms with E-state index in [1.165, 1.54) is 23.3 Å². The van der Waals surface area contributed by atoms with E-state index in [0.29, 0.717) is 18.3 Å². The highest BCUT2D eigenvalue weighted by Crippen LogP contribution is 2.34. The van der Waals surface area contributed by atoms with Gasteiger partial charge < -0.3 is 9.64 Å². The maximum absolute atomic E-state index is 12.9. The van der Waals surface area contributed by atoms with E-state index in [4.69, 9.17) is 4.74 Å². The van der Waals surface area contributed by atoms with Crippen LogP contribution in [0.2, 0.25) is 0 Å². The molecule has 0 spiro atoms. The van der Waals surface area contributed by atoms with Crippen LogP contribution >= 0.6 is 12.1 Å². The average molecular weight is 427 g/mol. The van der Waals surface area contributed by atoms with Gasteiger partial charge >= 0.3 is 0 Å². The van der Waals surface area contributed by atoms with Crippen molar-refractivity contribution in [1.82, 2.24) is 18.9 Å². The molecule has 30 heavy (non-hydrogen) atoms. The Hall–Kier alpha value is -2.09. The Balaban J connectivity index is 1.51. The fraction of sp³-hybridized carbons (Fsp3) is 0.478. The largest absolute Gasteiger partial charge is 0.481 e. The van der Waals surface area contributed by atoms with E-state index in [2.05, 4.69) is 45.1 Å². The van der Waals surface area contributed by atoms with Gasteiger partial charge in [-0.1, -0.05) is 12.1 Å². The van der Waals surface area contributed by atoms with Crippen LogP contribution in [0.3, 0.4) is 0 Å². The second-order valence-corrected chi connectivity index (χ2v) is 9.18. The Labute approximate surface area is 183 Å². The molecule has 1 saturated heterocycles. The zero-order valence-electron chi connectivity index (χ0n) is 18.0. The van der Waals surface area contributed by atoms with Crippen molar-refractivity contribution in [2.75, 3.05) is 34.3 Å². The predicted molar refractivity (Wildman–Crippen MR) is 121 cm³/mol. The van der Waals surface area contributed by atoms with Crippen LogP contribution in [-0.4, -0.2) is 60.4 Å². The number of carbonyl (C=O) groups excluding carboxylic acids is 1. The molecule has 160 valence electrons. The third kappa shape index (κ3) is 4.63. The number of hydrogen-bond donors (Lipinski definition) is 1. The molecule has 1 N–H and O–H groups in total. The Morgan fingerprint density at radius 1 is 1.37 bits per heavy atom. The Kier molecular flexibility index (Phi) is 6.61. The highest BCUT2D eigenvalue weighted by molar-refractivity contribution is 7.95. The maximum atomic E-state index is 12.9. The number of aryl methyl sites for hydroxylation is 1. The SMILES string of the molecule is COc1cc(-c2ccc3c(c2CC(=O)NSN(C)C2CCN(C)C2)CCC3)ccn1. The van der Waals surface area contributed by atoms with E-state index in [9.17, 15) is 4.79 Å². The highest BCUT2D eigenvalue weighted by atomic mass is 32.2. The summed E-state index contributed by atoms with van der Waals surface area (Å²) in [5.74, 6) is 0.628. The molecule has 1 fully saturated rings. The van der Waals surface area contributed by atoms with Gasteiger partial charge in [-0.25, -0.2) is 9.29 Å². The maximum Gasteiger partial charge on any atom is 0.235 e. The zero-order chi connectivity index (χ0) is 21.1. The Morgan fingerprint density at radius 3 is 3.00 bits per heavy atom. The first-order valence-electron chi connectivity index (χ1n) is 10.6. The van der Waals surface area contributed by atoms with E-state index < -0.39 is 0 Å². The molecule has 2 heterocycles. The lowest BCUT2D eigenvalue weighted by Gasteiger charge is -2.22. The first-order valence-corrected chi connectivity index (χ1v) is 11.3. The summed E-state index contributed by atoms with van der Waals surface area (Å²) in [6.07, 6.45) is 6.56. The first kappa shape index (κ1) is 21.2. The summed E-state index contributed by atoms with van der Waals surface area (Å²) >= 11 is 1.42. The van der Waals surface area contributed by atoms with Crippen LogP contribution in [0.25, 0.3) is 11.1 Å². The number of aromatic nitrogens is 1. The van der Waals surface area contributed by atoms with Crippen molar-refractivity contribution < 1.29 is 9.53 Å². The molecule has 1 aliphatic carbocycles. The standard InChI is InChI=1S/C23H30N4O2S/c1-26-12-10-18(15-26)27(2)30-25-22(28)14-21-19-6-4-5-16(19)7-8-20(21)17-9-11-24-23(13-17)29-3/h7-9,11,13,18H,4-6,10,12,14-15H2,1-3H3,(H,25,28). The van der Waals surface area contributed by atoms with Crippen LogP contribution in [0.4, 0.5) is 0 Å². The molecule has 2 aromatic rings. The molecule has 0 saturated carbocycles. The summed E-state index contributed by atoms with van der Waals surface area (Å²) in [6.45, 7) is 2.15. The van der Waals surface area contributed by atoms with Gasteiger partial charge in [-0.3, -0.25) is 9.52 Å². The van der Waals surface area contributed by atoms with Crippen molar-refractivity contribution >= 4 is 18.0 Å². The number of nitrogens with one attached hydrogen (secondary N) is 1.